The van der Waals surface area contributed by atoms with E-state index >= 15 is 0 Å². The average Bonchev–Trinajstić information content (AvgIpc) is 2.96. The first-order chi connectivity index (χ1) is 15.4. The first-order valence-electron chi connectivity index (χ1n) is 12.1. The van der Waals surface area contributed by atoms with Gasteiger partial charge >= 0.3 is 0 Å². The second kappa shape index (κ2) is 9.70. The van der Waals surface area contributed by atoms with E-state index in [0.717, 1.165) is 13.1 Å². The van der Waals surface area contributed by atoms with Crippen LogP contribution in [0.3, 0.4) is 0 Å². The van der Waals surface area contributed by atoms with Gasteiger partial charge < -0.3 is 9.80 Å². The quantitative estimate of drug-likeness (QED) is 0.451. The molecule has 3 aromatic carbocycles. The first kappa shape index (κ1) is 20.3. The zero-order valence-corrected chi connectivity index (χ0v) is 18.5. The van der Waals surface area contributed by atoms with Gasteiger partial charge in [-0.3, -0.25) is 0 Å². The third-order valence-electron chi connectivity index (χ3n) is 7.08. The molecule has 0 amide bonds. The van der Waals surface area contributed by atoms with Crippen LogP contribution in [0.2, 0.25) is 0 Å². The Bertz CT molecular complexity index is 975. The van der Waals surface area contributed by atoms with Gasteiger partial charge in [-0.15, -0.1) is 0 Å². The topological polar surface area (TPSA) is 6.48 Å². The molecule has 0 saturated carbocycles. The highest BCUT2D eigenvalue weighted by Gasteiger charge is 2.27. The van der Waals surface area contributed by atoms with Crippen molar-refractivity contribution in [3.63, 3.8) is 0 Å². The highest BCUT2D eigenvalue weighted by molar-refractivity contribution is 5.61. The van der Waals surface area contributed by atoms with E-state index in [4.69, 9.17) is 0 Å². The summed E-state index contributed by atoms with van der Waals surface area (Å²) in [6.45, 7) is 5.76. The molecule has 0 N–H and O–H groups in total. The normalized spacial score (nSPS) is 18.8. The van der Waals surface area contributed by atoms with Crippen LogP contribution in [0.4, 0.5) is 5.69 Å². The largest absolute Gasteiger partial charge is 0.363 e. The molecular formula is C29H34N2. The number of hydrogen-bond acceptors (Lipinski definition) is 2. The number of piperidine rings is 1. The smallest absolute Gasteiger partial charge is 0.0436 e. The lowest BCUT2D eigenvalue weighted by Gasteiger charge is -2.28. The van der Waals surface area contributed by atoms with Gasteiger partial charge in [-0.1, -0.05) is 79.2 Å². The van der Waals surface area contributed by atoms with Crippen molar-refractivity contribution < 1.29 is 0 Å². The zero-order valence-electron chi connectivity index (χ0n) is 18.5. The molecule has 31 heavy (non-hydrogen) atoms. The molecule has 1 atom stereocenters. The predicted molar refractivity (Wildman–Crippen MR) is 131 cm³/mol. The molecule has 2 aliphatic rings. The predicted octanol–water partition coefficient (Wildman–Crippen LogP) is 6.60. The van der Waals surface area contributed by atoms with Gasteiger partial charge in [-0.2, -0.15) is 0 Å². The van der Waals surface area contributed by atoms with Crippen LogP contribution in [0.5, 0.6) is 0 Å². The number of rotatable bonds is 6. The average molecular weight is 411 g/mol. The number of hydrogen-bond donors (Lipinski definition) is 0. The Morgan fingerprint density at radius 3 is 2.26 bits per heavy atom. The fourth-order valence-electron chi connectivity index (χ4n) is 5.50. The van der Waals surface area contributed by atoms with Crippen molar-refractivity contribution >= 4 is 5.69 Å². The molecule has 0 bridgehead atoms. The minimum Gasteiger partial charge on any atom is -0.363 e. The van der Waals surface area contributed by atoms with Crippen LogP contribution in [0.15, 0.2) is 78.9 Å². The van der Waals surface area contributed by atoms with Crippen molar-refractivity contribution in [3.8, 4) is 0 Å². The van der Waals surface area contributed by atoms with E-state index in [-0.39, 0.29) is 0 Å². The summed E-state index contributed by atoms with van der Waals surface area (Å²) in [5.74, 6) is 0.484. The van der Waals surface area contributed by atoms with E-state index in [1.807, 2.05) is 0 Å². The number of nitrogens with zero attached hydrogens (tertiary/aromatic N) is 2. The molecule has 1 fully saturated rings. The van der Waals surface area contributed by atoms with Crippen molar-refractivity contribution in [1.29, 1.82) is 0 Å². The third kappa shape index (κ3) is 4.70. The number of benzene rings is 3. The summed E-state index contributed by atoms with van der Waals surface area (Å²) in [6, 6.07) is 29.2. The molecule has 1 unspecified atom stereocenters. The van der Waals surface area contributed by atoms with Crippen LogP contribution in [-0.2, 0) is 13.1 Å². The maximum absolute atomic E-state index is 2.68. The maximum atomic E-state index is 2.68. The van der Waals surface area contributed by atoms with Crippen LogP contribution in [0.1, 0.15) is 60.3 Å². The molecule has 2 aliphatic heterocycles. The highest BCUT2D eigenvalue weighted by atomic mass is 15.1. The molecule has 0 radical (unpaired) electrons. The lowest BCUT2D eigenvalue weighted by molar-refractivity contribution is 0.224. The monoisotopic (exact) mass is 410 g/mol. The molecule has 0 spiro atoms. The van der Waals surface area contributed by atoms with Gasteiger partial charge in [0.15, 0.2) is 0 Å². The summed E-state index contributed by atoms with van der Waals surface area (Å²) in [5, 5.41) is 0. The first-order valence-corrected chi connectivity index (χ1v) is 12.1. The molecule has 0 aliphatic carbocycles. The fourth-order valence-corrected chi connectivity index (χ4v) is 5.50. The van der Waals surface area contributed by atoms with E-state index < -0.39 is 0 Å². The Hall–Kier alpha value is -2.58. The minimum absolute atomic E-state index is 0.484. The summed E-state index contributed by atoms with van der Waals surface area (Å²) < 4.78 is 0. The Morgan fingerprint density at radius 2 is 1.42 bits per heavy atom. The second-order valence-corrected chi connectivity index (χ2v) is 9.20. The van der Waals surface area contributed by atoms with Crippen molar-refractivity contribution in [1.82, 2.24) is 4.90 Å². The van der Waals surface area contributed by atoms with Crippen molar-refractivity contribution in [3.05, 3.63) is 101 Å². The Morgan fingerprint density at radius 1 is 0.710 bits per heavy atom. The number of likely N-dealkylation sites (tertiary alicyclic amines) is 1. The standard InChI is InChI=1S/C29H34N2/c1-3-12-24(13-4-1)22-31-23-25-14-5-6-15-26(25)27(28-16-7-8-18-29(28)31)17-11-21-30-19-9-2-10-20-30/h1,3-8,12-16,18,27H,2,9-11,17,19-23H2. The van der Waals surface area contributed by atoms with E-state index in [9.17, 15) is 0 Å². The van der Waals surface area contributed by atoms with Crippen LogP contribution in [0, 0.1) is 0 Å². The highest BCUT2D eigenvalue weighted by Crippen LogP contribution is 2.41. The van der Waals surface area contributed by atoms with E-state index in [2.05, 4.69) is 88.7 Å². The molecule has 2 nitrogen and oxygen atoms in total. The van der Waals surface area contributed by atoms with Crippen molar-refractivity contribution in [2.75, 3.05) is 24.5 Å². The Kier molecular flexibility index (Phi) is 6.36. The van der Waals surface area contributed by atoms with Crippen LogP contribution < -0.4 is 4.90 Å². The molecule has 160 valence electrons. The second-order valence-electron chi connectivity index (χ2n) is 9.20. The molecule has 5 rings (SSSR count). The van der Waals surface area contributed by atoms with Gasteiger partial charge in [0.2, 0.25) is 0 Å². The van der Waals surface area contributed by atoms with Crippen LogP contribution >= 0.6 is 0 Å². The van der Waals surface area contributed by atoms with Gasteiger partial charge in [0.1, 0.15) is 0 Å². The van der Waals surface area contributed by atoms with Crippen LogP contribution in [0.25, 0.3) is 0 Å². The molecule has 2 heterocycles. The van der Waals surface area contributed by atoms with E-state index in [1.165, 1.54) is 79.7 Å². The molecule has 0 aromatic heterocycles. The van der Waals surface area contributed by atoms with E-state index in [1.54, 1.807) is 0 Å². The zero-order chi connectivity index (χ0) is 20.9. The summed E-state index contributed by atoms with van der Waals surface area (Å²) in [6.07, 6.45) is 6.67. The fraction of sp³-hybridized carbons (Fsp3) is 0.379. The molecule has 2 heteroatoms. The molecule has 1 saturated heterocycles. The summed E-state index contributed by atoms with van der Waals surface area (Å²) in [5.41, 5.74) is 7.30. The maximum Gasteiger partial charge on any atom is 0.0436 e. The minimum atomic E-state index is 0.484. The Labute approximate surface area is 187 Å². The summed E-state index contributed by atoms with van der Waals surface area (Å²) >= 11 is 0. The summed E-state index contributed by atoms with van der Waals surface area (Å²) in [4.78, 5) is 5.26. The van der Waals surface area contributed by atoms with Gasteiger partial charge in [-0.05, 0) is 73.6 Å². The SMILES string of the molecule is c1ccc(CN2Cc3ccccc3C(CCCN3CCCCC3)c3ccccc32)cc1. The Balaban J connectivity index is 1.43. The summed E-state index contributed by atoms with van der Waals surface area (Å²) in [7, 11) is 0. The number of fused-ring (bicyclic) bond motifs is 2. The van der Waals surface area contributed by atoms with Gasteiger partial charge in [0, 0.05) is 24.7 Å². The number of para-hydroxylation sites is 1. The third-order valence-corrected chi connectivity index (χ3v) is 7.08. The van der Waals surface area contributed by atoms with Crippen LogP contribution in [-0.4, -0.2) is 24.5 Å². The lowest BCUT2D eigenvalue weighted by Crippen LogP contribution is -2.30. The van der Waals surface area contributed by atoms with E-state index in [0.29, 0.717) is 5.92 Å². The number of anilines is 1. The lowest BCUT2D eigenvalue weighted by atomic mass is 9.85. The molecular weight excluding hydrogens is 376 g/mol. The van der Waals surface area contributed by atoms with Gasteiger partial charge in [-0.25, -0.2) is 0 Å². The molecule has 3 aromatic rings. The van der Waals surface area contributed by atoms with Crippen molar-refractivity contribution in [2.24, 2.45) is 0 Å². The van der Waals surface area contributed by atoms with Gasteiger partial charge in [0.25, 0.3) is 0 Å². The van der Waals surface area contributed by atoms with Crippen molar-refractivity contribution in [2.45, 2.75) is 51.1 Å². The van der Waals surface area contributed by atoms with Gasteiger partial charge in [0.05, 0.1) is 0 Å².